The first-order valence-corrected chi connectivity index (χ1v) is 7.47. The lowest BCUT2D eigenvalue weighted by atomic mass is 10.0. The van der Waals surface area contributed by atoms with Gasteiger partial charge in [-0.05, 0) is 40.2 Å². The van der Waals surface area contributed by atoms with Crippen LogP contribution >= 0.6 is 31.9 Å². The van der Waals surface area contributed by atoms with Crippen LogP contribution < -0.4 is 9.47 Å². The Morgan fingerprint density at radius 2 is 1.76 bits per heavy atom. The van der Waals surface area contributed by atoms with Crippen LogP contribution in [0.3, 0.4) is 0 Å². The first-order chi connectivity index (χ1) is 9.97. The normalized spacial score (nSPS) is 10.3. The lowest BCUT2D eigenvalue weighted by Gasteiger charge is -2.13. The lowest BCUT2D eigenvalue weighted by molar-refractivity contribution is 0.103. The number of hydrogen-bond donors (Lipinski definition) is 0. The molecular formula is C15H11Br2FO3. The highest BCUT2D eigenvalue weighted by molar-refractivity contribution is 9.11. The highest BCUT2D eigenvalue weighted by Crippen LogP contribution is 2.35. The molecule has 0 saturated carbocycles. The van der Waals surface area contributed by atoms with E-state index in [0.29, 0.717) is 26.0 Å². The van der Waals surface area contributed by atoms with E-state index in [2.05, 4.69) is 31.9 Å². The van der Waals surface area contributed by atoms with E-state index < -0.39 is 5.82 Å². The molecule has 2 aromatic carbocycles. The molecular weight excluding hydrogens is 407 g/mol. The van der Waals surface area contributed by atoms with Crippen molar-refractivity contribution >= 4 is 37.6 Å². The van der Waals surface area contributed by atoms with Crippen LogP contribution in [0.1, 0.15) is 15.9 Å². The van der Waals surface area contributed by atoms with Crippen molar-refractivity contribution in [2.24, 2.45) is 0 Å². The number of hydrogen-bond acceptors (Lipinski definition) is 3. The Kier molecular flexibility index (Phi) is 5.00. The predicted molar refractivity (Wildman–Crippen MR) is 84.8 cm³/mol. The fourth-order valence-electron chi connectivity index (χ4n) is 1.86. The average molecular weight is 418 g/mol. The van der Waals surface area contributed by atoms with Crippen molar-refractivity contribution in [1.29, 1.82) is 0 Å². The van der Waals surface area contributed by atoms with Crippen LogP contribution in [0.5, 0.6) is 11.5 Å². The molecule has 0 spiro atoms. The van der Waals surface area contributed by atoms with Crippen LogP contribution in [0.15, 0.2) is 39.3 Å². The second-order valence-electron chi connectivity index (χ2n) is 4.14. The highest BCUT2D eigenvalue weighted by atomic mass is 79.9. The fourth-order valence-corrected chi connectivity index (χ4v) is 2.89. The zero-order valence-corrected chi connectivity index (χ0v) is 14.4. The Morgan fingerprint density at radius 1 is 1.05 bits per heavy atom. The standard InChI is InChI=1S/C15H11Br2FO3/c1-20-9-6-12(17)14(13(7-9)21-2)15(19)10-5-8(18)3-4-11(10)16/h3-7H,1-2H3. The maximum Gasteiger partial charge on any atom is 0.199 e. The van der Waals surface area contributed by atoms with Gasteiger partial charge in [0, 0.05) is 20.6 Å². The van der Waals surface area contributed by atoms with Gasteiger partial charge in [-0.3, -0.25) is 4.79 Å². The summed E-state index contributed by atoms with van der Waals surface area (Å²) in [5.41, 5.74) is 0.531. The zero-order valence-electron chi connectivity index (χ0n) is 11.2. The van der Waals surface area contributed by atoms with Crippen LogP contribution in [0, 0.1) is 5.82 Å². The maximum absolute atomic E-state index is 13.4. The molecule has 0 amide bonds. The Balaban J connectivity index is 2.60. The van der Waals surface area contributed by atoms with Crippen molar-refractivity contribution in [2.75, 3.05) is 14.2 Å². The average Bonchev–Trinajstić information content (AvgIpc) is 2.48. The van der Waals surface area contributed by atoms with Crippen LogP contribution in [0.25, 0.3) is 0 Å². The van der Waals surface area contributed by atoms with Crippen molar-refractivity contribution in [3.63, 3.8) is 0 Å². The smallest absolute Gasteiger partial charge is 0.199 e. The molecule has 2 aromatic rings. The summed E-state index contributed by atoms with van der Waals surface area (Å²) < 4.78 is 24.8. The molecule has 0 fully saturated rings. The van der Waals surface area contributed by atoms with Gasteiger partial charge in [0.15, 0.2) is 5.78 Å². The number of ketones is 1. The Morgan fingerprint density at radius 3 is 2.38 bits per heavy atom. The van der Waals surface area contributed by atoms with Gasteiger partial charge in [-0.2, -0.15) is 0 Å². The third-order valence-corrected chi connectivity index (χ3v) is 4.20. The monoisotopic (exact) mass is 416 g/mol. The van der Waals surface area contributed by atoms with Crippen molar-refractivity contribution in [2.45, 2.75) is 0 Å². The molecule has 0 bridgehead atoms. The van der Waals surface area contributed by atoms with Gasteiger partial charge in [-0.15, -0.1) is 0 Å². The summed E-state index contributed by atoms with van der Waals surface area (Å²) in [6.07, 6.45) is 0. The van der Waals surface area contributed by atoms with Crippen LogP contribution in [-0.2, 0) is 0 Å². The SMILES string of the molecule is COc1cc(Br)c(C(=O)c2cc(F)ccc2Br)c(OC)c1. The number of rotatable bonds is 4. The van der Waals surface area contributed by atoms with E-state index in [9.17, 15) is 9.18 Å². The van der Waals surface area contributed by atoms with E-state index >= 15 is 0 Å². The topological polar surface area (TPSA) is 35.5 Å². The third-order valence-electron chi connectivity index (χ3n) is 2.88. The number of benzene rings is 2. The minimum atomic E-state index is -0.481. The van der Waals surface area contributed by atoms with Crippen LogP contribution in [0.2, 0.25) is 0 Å². The zero-order chi connectivity index (χ0) is 15.6. The summed E-state index contributed by atoms with van der Waals surface area (Å²) in [4.78, 5) is 12.7. The van der Waals surface area contributed by atoms with Gasteiger partial charge in [-0.25, -0.2) is 4.39 Å². The first-order valence-electron chi connectivity index (χ1n) is 5.89. The summed E-state index contributed by atoms with van der Waals surface area (Å²) >= 11 is 6.59. The van der Waals surface area contributed by atoms with Gasteiger partial charge in [0.1, 0.15) is 17.3 Å². The molecule has 2 rings (SSSR count). The molecule has 0 aromatic heterocycles. The molecule has 0 aliphatic rings. The molecule has 0 aliphatic heterocycles. The van der Waals surface area contributed by atoms with Gasteiger partial charge in [-0.1, -0.05) is 15.9 Å². The number of carbonyl (C=O) groups is 1. The summed E-state index contributed by atoms with van der Waals surface area (Å²) in [5, 5.41) is 0. The quantitative estimate of drug-likeness (QED) is 0.682. The van der Waals surface area contributed by atoms with Crippen LogP contribution in [-0.4, -0.2) is 20.0 Å². The Labute approximate surface area is 138 Å². The summed E-state index contributed by atoms with van der Waals surface area (Å²) in [6.45, 7) is 0. The Bertz CT molecular complexity index is 702. The minimum Gasteiger partial charge on any atom is -0.497 e. The largest absolute Gasteiger partial charge is 0.497 e. The predicted octanol–water partition coefficient (Wildman–Crippen LogP) is 4.60. The summed E-state index contributed by atoms with van der Waals surface area (Å²) in [5.74, 6) is 0.0638. The molecule has 0 aliphatic carbocycles. The summed E-state index contributed by atoms with van der Waals surface area (Å²) in [7, 11) is 2.98. The second kappa shape index (κ2) is 6.58. The number of halogens is 3. The van der Waals surface area contributed by atoms with E-state index in [0.717, 1.165) is 0 Å². The molecule has 6 heteroatoms. The van der Waals surface area contributed by atoms with Gasteiger partial charge in [0.2, 0.25) is 0 Å². The first kappa shape index (κ1) is 16.0. The van der Waals surface area contributed by atoms with E-state index in [1.54, 1.807) is 12.1 Å². The number of methoxy groups -OCH3 is 2. The van der Waals surface area contributed by atoms with Crippen molar-refractivity contribution < 1.29 is 18.7 Å². The van der Waals surface area contributed by atoms with Crippen molar-refractivity contribution in [3.05, 3.63) is 56.2 Å². The molecule has 0 heterocycles. The van der Waals surface area contributed by atoms with Gasteiger partial charge in [0.05, 0.1) is 19.8 Å². The Hall–Kier alpha value is -1.40. The van der Waals surface area contributed by atoms with Crippen molar-refractivity contribution in [3.8, 4) is 11.5 Å². The van der Waals surface area contributed by atoms with Crippen molar-refractivity contribution in [1.82, 2.24) is 0 Å². The molecule has 0 unspecified atom stereocenters. The second-order valence-corrected chi connectivity index (χ2v) is 5.85. The minimum absolute atomic E-state index is 0.221. The van der Waals surface area contributed by atoms with E-state index in [1.807, 2.05) is 0 Å². The van der Waals surface area contributed by atoms with Gasteiger partial charge in [0.25, 0.3) is 0 Å². The number of ether oxygens (including phenoxy) is 2. The number of carbonyl (C=O) groups excluding carboxylic acids is 1. The highest BCUT2D eigenvalue weighted by Gasteiger charge is 2.22. The third kappa shape index (κ3) is 3.27. The molecule has 21 heavy (non-hydrogen) atoms. The molecule has 0 radical (unpaired) electrons. The van der Waals surface area contributed by atoms with E-state index in [1.165, 1.54) is 32.4 Å². The van der Waals surface area contributed by atoms with Gasteiger partial charge >= 0.3 is 0 Å². The maximum atomic E-state index is 13.4. The van der Waals surface area contributed by atoms with E-state index in [-0.39, 0.29) is 11.3 Å². The van der Waals surface area contributed by atoms with Gasteiger partial charge < -0.3 is 9.47 Å². The van der Waals surface area contributed by atoms with Crippen LogP contribution in [0.4, 0.5) is 4.39 Å². The molecule has 3 nitrogen and oxygen atoms in total. The molecule has 110 valence electrons. The lowest BCUT2D eigenvalue weighted by Crippen LogP contribution is -2.07. The molecule has 0 atom stereocenters. The molecule has 0 saturated heterocycles. The summed E-state index contributed by atoms with van der Waals surface area (Å²) in [6, 6.07) is 7.21. The van der Waals surface area contributed by atoms with E-state index in [4.69, 9.17) is 9.47 Å². The fraction of sp³-hybridized carbons (Fsp3) is 0.133. The molecule has 0 N–H and O–H groups in total.